The van der Waals surface area contributed by atoms with E-state index < -0.39 is 0 Å². The zero-order valence-electron chi connectivity index (χ0n) is 12.3. The highest BCUT2D eigenvalue weighted by Crippen LogP contribution is 2.48. The fourth-order valence-electron chi connectivity index (χ4n) is 3.27. The van der Waals surface area contributed by atoms with Crippen molar-refractivity contribution in [2.75, 3.05) is 13.7 Å². The van der Waals surface area contributed by atoms with Crippen LogP contribution in [-0.4, -0.2) is 23.4 Å². The van der Waals surface area contributed by atoms with Crippen LogP contribution in [0.25, 0.3) is 0 Å². The molecule has 2 fully saturated rings. The minimum Gasteiger partial charge on any atom is -0.481 e. The van der Waals surface area contributed by atoms with Gasteiger partial charge in [-0.15, -0.1) is 0 Å². The Morgan fingerprint density at radius 1 is 1.32 bits per heavy atom. The number of aromatic nitrogens is 2. The monoisotopic (exact) mass is 263 g/mol. The molecule has 2 aliphatic rings. The lowest BCUT2D eigenvalue weighted by Gasteiger charge is -2.16. The van der Waals surface area contributed by atoms with E-state index in [0.717, 1.165) is 42.4 Å². The van der Waals surface area contributed by atoms with Crippen LogP contribution >= 0.6 is 0 Å². The van der Waals surface area contributed by atoms with Crippen molar-refractivity contribution in [3.8, 4) is 5.88 Å². The maximum Gasteiger partial charge on any atom is 0.216 e. The number of hydrogen-bond donors (Lipinski definition) is 1. The average Bonchev–Trinajstić information content (AvgIpc) is 3.26. The van der Waals surface area contributed by atoms with Crippen LogP contribution in [0.2, 0.25) is 0 Å². The predicted molar refractivity (Wildman–Crippen MR) is 75.1 cm³/mol. The molecule has 0 atom stereocenters. The molecule has 0 amide bonds. The Labute approximate surface area is 115 Å². The van der Waals surface area contributed by atoms with Crippen LogP contribution in [0.1, 0.15) is 36.9 Å². The fraction of sp³-hybridized carbons (Fsp3) is 0.800. The summed E-state index contributed by atoms with van der Waals surface area (Å²) in [6, 6.07) is 0. The molecule has 0 aliphatic heterocycles. The number of aryl methyl sites for hydroxylation is 2. The average molecular weight is 263 g/mol. The molecule has 2 saturated carbocycles. The first kappa shape index (κ1) is 13.0. The predicted octanol–water partition coefficient (Wildman–Crippen LogP) is 2.26. The van der Waals surface area contributed by atoms with Gasteiger partial charge in [-0.3, -0.25) is 0 Å². The van der Waals surface area contributed by atoms with Crippen LogP contribution in [0.3, 0.4) is 0 Å². The SMILES string of the molecule is COc1c(CNCC(C2CC2)C2CC2)c(C)nn1C. The third-order valence-corrected chi connectivity index (χ3v) is 4.62. The lowest BCUT2D eigenvalue weighted by Crippen LogP contribution is -2.25. The molecule has 106 valence electrons. The first-order chi connectivity index (χ1) is 9.20. The Bertz CT molecular complexity index is 434. The second-order valence-corrected chi connectivity index (χ2v) is 6.17. The number of methoxy groups -OCH3 is 1. The first-order valence-electron chi connectivity index (χ1n) is 7.48. The second-order valence-electron chi connectivity index (χ2n) is 6.17. The number of hydrogen-bond acceptors (Lipinski definition) is 3. The normalized spacial score (nSPS) is 19.2. The van der Waals surface area contributed by atoms with Crippen molar-refractivity contribution in [2.24, 2.45) is 24.8 Å². The molecular weight excluding hydrogens is 238 g/mol. The quantitative estimate of drug-likeness (QED) is 0.820. The third-order valence-electron chi connectivity index (χ3n) is 4.62. The van der Waals surface area contributed by atoms with E-state index >= 15 is 0 Å². The van der Waals surface area contributed by atoms with Gasteiger partial charge in [0.1, 0.15) is 0 Å². The van der Waals surface area contributed by atoms with E-state index in [1.807, 2.05) is 11.7 Å². The molecule has 4 nitrogen and oxygen atoms in total. The summed E-state index contributed by atoms with van der Waals surface area (Å²) in [7, 11) is 3.66. The van der Waals surface area contributed by atoms with Crippen LogP contribution in [0, 0.1) is 24.7 Å². The van der Waals surface area contributed by atoms with Gasteiger partial charge in [0.15, 0.2) is 0 Å². The number of ether oxygens (including phenoxy) is 1. The van der Waals surface area contributed by atoms with Crippen molar-refractivity contribution in [3.05, 3.63) is 11.3 Å². The number of rotatable bonds is 7. The van der Waals surface area contributed by atoms with Gasteiger partial charge < -0.3 is 10.1 Å². The standard InChI is InChI=1S/C15H25N3O/c1-10-13(15(19-3)18(2)17-10)8-16-9-14(11-4-5-11)12-6-7-12/h11-12,14,16H,4-9H2,1-3H3. The van der Waals surface area contributed by atoms with E-state index in [2.05, 4.69) is 17.3 Å². The Morgan fingerprint density at radius 2 is 1.95 bits per heavy atom. The molecule has 1 N–H and O–H groups in total. The van der Waals surface area contributed by atoms with Gasteiger partial charge in [0.2, 0.25) is 5.88 Å². The van der Waals surface area contributed by atoms with Crippen LogP contribution in [0.5, 0.6) is 5.88 Å². The van der Waals surface area contributed by atoms with Crippen molar-refractivity contribution < 1.29 is 4.74 Å². The second kappa shape index (κ2) is 5.16. The molecule has 19 heavy (non-hydrogen) atoms. The van der Waals surface area contributed by atoms with E-state index in [0.29, 0.717) is 0 Å². The molecule has 4 heteroatoms. The van der Waals surface area contributed by atoms with E-state index in [1.165, 1.54) is 31.2 Å². The summed E-state index contributed by atoms with van der Waals surface area (Å²) in [5.41, 5.74) is 2.27. The number of nitrogens with zero attached hydrogens (tertiary/aromatic N) is 2. The van der Waals surface area contributed by atoms with Crippen molar-refractivity contribution in [2.45, 2.75) is 39.2 Å². The Morgan fingerprint density at radius 3 is 2.47 bits per heavy atom. The van der Waals surface area contributed by atoms with E-state index in [1.54, 1.807) is 7.11 Å². The molecule has 1 aromatic rings. The summed E-state index contributed by atoms with van der Waals surface area (Å²) in [5.74, 6) is 3.83. The van der Waals surface area contributed by atoms with Crippen LogP contribution in [-0.2, 0) is 13.6 Å². The zero-order chi connectivity index (χ0) is 13.4. The lowest BCUT2D eigenvalue weighted by atomic mass is 9.98. The zero-order valence-corrected chi connectivity index (χ0v) is 12.3. The summed E-state index contributed by atoms with van der Waals surface area (Å²) in [5, 5.41) is 8.07. The van der Waals surface area contributed by atoms with E-state index in [-0.39, 0.29) is 0 Å². The van der Waals surface area contributed by atoms with Gasteiger partial charge in [-0.05, 0) is 56.9 Å². The Kier molecular flexibility index (Phi) is 3.52. The summed E-state index contributed by atoms with van der Waals surface area (Å²) in [6.07, 6.45) is 5.83. The van der Waals surface area contributed by atoms with Crippen molar-refractivity contribution in [1.82, 2.24) is 15.1 Å². The molecule has 0 aromatic carbocycles. The molecule has 0 saturated heterocycles. The van der Waals surface area contributed by atoms with Crippen molar-refractivity contribution >= 4 is 0 Å². The van der Waals surface area contributed by atoms with Crippen molar-refractivity contribution in [3.63, 3.8) is 0 Å². The minimum absolute atomic E-state index is 0.874. The van der Waals surface area contributed by atoms with Gasteiger partial charge in [-0.2, -0.15) is 5.10 Å². The maximum absolute atomic E-state index is 5.43. The van der Waals surface area contributed by atoms with E-state index in [9.17, 15) is 0 Å². The molecular formula is C15H25N3O. The number of nitrogens with one attached hydrogen (secondary N) is 1. The molecule has 0 bridgehead atoms. The van der Waals surface area contributed by atoms with Gasteiger partial charge in [0, 0.05) is 13.6 Å². The van der Waals surface area contributed by atoms with Crippen LogP contribution < -0.4 is 10.1 Å². The van der Waals surface area contributed by atoms with Crippen molar-refractivity contribution in [1.29, 1.82) is 0 Å². The molecule has 0 spiro atoms. The third kappa shape index (κ3) is 2.78. The minimum atomic E-state index is 0.874. The molecule has 1 heterocycles. The van der Waals surface area contributed by atoms with Gasteiger partial charge in [0.05, 0.1) is 18.4 Å². The summed E-state index contributed by atoms with van der Waals surface area (Å²) in [6.45, 7) is 4.09. The molecule has 2 aliphatic carbocycles. The Balaban J connectivity index is 1.56. The lowest BCUT2D eigenvalue weighted by molar-refractivity contribution is 0.359. The summed E-state index contributed by atoms with van der Waals surface area (Å²) >= 11 is 0. The van der Waals surface area contributed by atoms with Gasteiger partial charge in [0.25, 0.3) is 0 Å². The van der Waals surface area contributed by atoms with Crippen LogP contribution in [0.15, 0.2) is 0 Å². The van der Waals surface area contributed by atoms with Gasteiger partial charge in [-0.1, -0.05) is 0 Å². The first-order valence-corrected chi connectivity index (χ1v) is 7.48. The highest BCUT2D eigenvalue weighted by Gasteiger charge is 2.40. The molecule has 0 unspecified atom stereocenters. The smallest absolute Gasteiger partial charge is 0.216 e. The van der Waals surface area contributed by atoms with Crippen LogP contribution in [0.4, 0.5) is 0 Å². The topological polar surface area (TPSA) is 39.1 Å². The van der Waals surface area contributed by atoms with Gasteiger partial charge in [-0.25, -0.2) is 4.68 Å². The fourth-order valence-corrected chi connectivity index (χ4v) is 3.27. The van der Waals surface area contributed by atoms with Gasteiger partial charge >= 0.3 is 0 Å². The summed E-state index contributed by atoms with van der Waals surface area (Å²) in [4.78, 5) is 0. The maximum atomic E-state index is 5.43. The highest BCUT2D eigenvalue weighted by atomic mass is 16.5. The largest absolute Gasteiger partial charge is 0.481 e. The summed E-state index contributed by atoms with van der Waals surface area (Å²) < 4.78 is 7.26. The molecule has 3 rings (SSSR count). The van der Waals surface area contributed by atoms with E-state index in [4.69, 9.17) is 4.74 Å². The highest BCUT2D eigenvalue weighted by molar-refractivity contribution is 5.30. The molecule has 1 aromatic heterocycles. The Hall–Kier alpha value is -1.03. The molecule has 0 radical (unpaired) electrons.